The van der Waals surface area contributed by atoms with Crippen LogP contribution >= 0.6 is 15.9 Å². The molecule has 1 heterocycles. The summed E-state index contributed by atoms with van der Waals surface area (Å²) in [6.45, 7) is 0. The number of nitro groups is 1. The van der Waals surface area contributed by atoms with E-state index in [1.54, 1.807) is 30.5 Å². The maximum atomic E-state index is 11.7. The average molecular weight is 348 g/mol. The summed E-state index contributed by atoms with van der Waals surface area (Å²) in [5.41, 5.74) is 0.551. The number of hydrogen-bond acceptors (Lipinski definition) is 4. The maximum Gasteiger partial charge on any atom is 0.270 e. The minimum Gasteiger partial charge on any atom is -0.307 e. The molecule has 0 spiro atoms. The highest BCUT2D eigenvalue weighted by Gasteiger charge is 2.04. The number of nitrogens with zero attached hydrogens (tertiary/aromatic N) is 2. The zero-order valence-corrected chi connectivity index (χ0v) is 12.3. The Morgan fingerprint density at radius 3 is 2.81 bits per heavy atom. The van der Waals surface area contributed by atoms with Crippen molar-refractivity contribution in [1.82, 2.24) is 4.98 Å². The van der Waals surface area contributed by atoms with E-state index in [1.165, 1.54) is 24.3 Å². The summed E-state index contributed by atoms with van der Waals surface area (Å²) in [6, 6.07) is 9.43. The molecule has 0 aliphatic carbocycles. The molecule has 0 bridgehead atoms. The molecule has 7 heteroatoms. The van der Waals surface area contributed by atoms with Crippen molar-refractivity contribution >= 4 is 39.4 Å². The van der Waals surface area contributed by atoms with Gasteiger partial charge in [0.05, 0.1) is 4.92 Å². The molecular weight excluding hydrogens is 338 g/mol. The molecule has 21 heavy (non-hydrogen) atoms. The van der Waals surface area contributed by atoms with Crippen LogP contribution in [0.5, 0.6) is 0 Å². The van der Waals surface area contributed by atoms with Crippen molar-refractivity contribution in [2.75, 3.05) is 5.32 Å². The smallest absolute Gasteiger partial charge is 0.270 e. The highest BCUT2D eigenvalue weighted by molar-refractivity contribution is 9.10. The number of amides is 1. The van der Waals surface area contributed by atoms with Crippen molar-refractivity contribution < 1.29 is 9.72 Å². The van der Waals surface area contributed by atoms with Crippen LogP contribution in [-0.2, 0) is 4.79 Å². The Balaban J connectivity index is 2.03. The van der Waals surface area contributed by atoms with E-state index in [4.69, 9.17) is 0 Å². The van der Waals surface area contributed by atoms with Crippen molar-refractivity contribution in [2.24, 2.45) is 0 Å². The summed E-state index contributed by atoms with van der Waals surface area (Å²) in [5.74, 6) is 0.0585. The van der Waals surface area contributed by atoms with Gasteiger partial charge in [-0.1, -0.05) is 12.1 Å². The third kappa shape index (κ3) is 4.50. The zero-order chi connectivity index (χ0) is 15.2. The van der Waals surface area contributed by atoms with Gasteiger partial charge in [0, 0.05) is 28.9 Å². The van der Waals surface area contributed by atoms with Crippen LogP contribution in [0.25, 0.3) is 6.08 Å². The van der Waals surface area contributed by atoms with Gasteiger partial charge >= 0.3 is 0 Å². The van der Waals surface area contributed by atoms with E-state index in [1.807, 2.05) is 0 Å². The Morgan fingerprint density at radius 2 is 2.14 bits per heavy atom. The Hall–Kier alpha value is -2.54. The third-order valence-electron chi connectivity index (χ3n) is 2.49. The fraction of sp³-hybridized carbons (Fsp3) is 0. The molecule has 6 nitrogen and oxygen atoms in total. The Bertz CT molecular complexity index is 699. The fourth-order valence-electron chi connectivity index (χ4n) is 1.53. The lowest BCUT2D eigenvalue weighted by Crippen LogP contribution is -2.08. The number of nitro benzene ring substituents is 1. The summed E-state index contributed by atoms with van der Waals surface area (Å²) < 4.78 is 0.813. The normalized spacial score (nSPS) is 10.5. The predicted molar refractivity (Wildman–Crippen MR) is 82.7 cm³/mol. The number of rotatable bonds is 4. The van der Waals surface area contributed by atoms with Gasteiger partial charge in [-0.2, -0.15) is 0 Å². The molecule has 1 aromatic carbocycles. The average Bonchev–Trinajstić information content (AvgIpc) is 2.48. The molecule has 2 rings (SSSR count). The summed E-state index contributed by atoms with van der Waals surface area (Å²) in [7, 11) is 0. The lowest BCUT2D eigenvalue weighted by atomic mass is 10.2. The molecule has 106 valence electrons. The van der Waals surface area contributed by atoms with Crippen molar-refractivity contribution in [2.45, 2.75) is 0 Å². The van der Waals surface area contributed by atoms with E-state index in [9.17, 15) is 14.9 Å². The van der Waals surface area contributed by atoms with Crippen LogP contribution in [0.3, 0.4) is 0 Å². The molecule has 0 radical (unpaired) electrons. The number of aromatic nitrogens is 1. The van der Waals surface area contributed by atoms with Gasteiger partial charge in [-0.15, -0.1) is 0 Å². The Labute approximate surface area is 128 Å². The molecule has 0 unspecified atom stereocenters. The zero-order valence-electron chi connectivity index (χ0n) is 10.7. The van der Waals surface area contributed by atoms with Gasteiger partial charge in [-0.05, 0) is 39.7 Å². The Kier molecular flexibility index (Phi) is 4.78. The van der Waals surface area contributed by atoms with E-state index in [0.29, 0.717) is 11.4 Å². The molecule has 1 N–H and O–H groups in total. The van der Waals surface area contributed by atoms with E-state index < -0.39 is 4.92 Å². The molecule has 0 saturated carbocycles. The molecule has 0 atom stereocenters. The highest BCUT2D eigenvalue weighted by atomic mass is 79.9. The largest absolute Gasteiger partial charge is 0.307 e. The van der Waals surface area contributed by atoms with Gasteiger partial charge in [0.1, 0.15) is 5.82 Å². The predicted octanol–water partition coefficient (Wildman–Crippen LogP) is 3.40. The summed E-state index contributed by atoms with van der Waals surface area (Å²) in [4.78, 5) is 25.9. The topological polar surface area (TPSA) is 85.1 Å². The van der Waals surface area contributed by atoms with Gasteiger partial charge in [-0.25, -0.2) is 4.98 Å². The number of halogens is 1. The van der Waals surface area contributed by atoms with Gasteiger partial charge in [-0.3, -0.25) is 14.9 Å². The van der Waals surface area contributed by atoms with Gasteiger partial charge < -0.3 is 5.32 Å². The first-order valence-corrected chi connectivity index (χ1v) is 6.69. The maximum absolute atomic E-state index is 11.7. The van der Waals surface area contributed by atoms with Crippen molar-refractivity contribution in [3.63, 3.8) is 0 Å². The van der Waals surface area contributed by atoms with Crippen LogP contribution in [0, 0.1) is 10.1 Å². The SMILES string of the molecule is O=C(/C=C/c1cccc([N+](=O)[O-])c1)Nc1ccc(Br)cn1. The number of benzene rings is 1. The molecule has 0 saturated heterocycles. The second kappa shape index (κ2) is 6.76. The number of nitrogens with one attached hydrogen (secondary N) is 1. The standard InChI is InChI=1S/C14H10BrN3O3/c15-11-5-6-13(16-9-11)17-14(19)7-4-10-2-1-3-12(8-10)18(20)21/h1-9H,(H,16,17,19)/b7-4+. The monoisotopic (exact) mass is 347 g/mol. The quantitative estimate of drug-likeness (QED) is 0.521. The fourth-order valence-corrected chi connectivity index (χ4v) is 1.77. The summed E-state index contributed by atoms with van der Waals surface area (Å²) in [6.07, 6.45) is 4.36. The first-order valence-electron chi connectivity index (χ1n) is 5.90. The van der Waals surface area contributed by atoms with E-state index >= 15 is 0 Å². The Morgan fingerprint density at radius 1 is 1.33 bits per heavy atom. The summed E-state index contributed by atoms with van der Waals surface area (Å²) >= 11 is 3.25. The van der Waals surface area contributed by atoms with Crippen molar-refractivity contribution in [3.05, 3.63) is 68.8 Å². The third-order valence-corrected chi connectivity index (χ3v) is 2.96. The van der Waals surface area contributed by atoms with Gasteiger partial charge in [0.25, 0.3) is 5.69 Å². The molecule has 0 aliphatic heterocycles. The van der Waals surface area contributed by atoms with E-state index in [-0.39, 0.29) is 11.6 Å². The molecular formula is C14H10BrN3O3. The first-order chi connectivity index (χ1) is 10.0. The number of anilines is 1. The second-order valence-corrected chi connectivity index (χ2v) is 4.95. The van der Waals surface area contributed by atoms with E-state index in [2.05, 4.69) is 26.2 Å². The number of pyridine rings is 1. The lowest BCUT2D eigenvalue weighted by molar-refractivity contribution is -0.384. The summed E-state index contributed by atoms with van der Waals surface area (Å²) in [5, 5.41) is 13.2. The van der Waals surface area contributed by atoms with Gasteiger partial charge in [0.2, 0.25) is 5.91 Å². The van der Waals surface area contributed by atoms with Crippen LogP contribution < -0.4 is 5.32 Å². The number of carbonyl (C=O) groups excluding carboxylic acids is 1. The lowest BCUT2D eigenvalue weighted by Gasteiger charge is -2.00. The molecule has 2 aromatic rings. The van der Waals surface area contributed by atoms with Crippen LogP contribution in [0.4, 0.5) is 11.5 Å². The van der Waals surface area contributed by atoms with Crippen molar-refractivity contribution in [3.8, 4) is 0 Å². The molecule has 1 amide bonds. The van der Waals surface area contributed by atoms with E-state index in [0.717, 1.165) is 4.47 Å². The first kappa shape index (κ1) is 14.9. The molecule has 1 aromatic heterocycles. The number of non-ortho nitro benzene ring substituents is 1. The highest BCUT2D eigenvalue weighted by Crippen LogP contribution is 2.14. The van der Waals surface area contributed by atoms with Crippen LogP contribution in [0.1, 0.15) is 5.56 Å². The number of carbonyl (C=O) groups is 1. The minimum absolute atomic E-state index is 0.0212. The minimum atomic E-state index is -0.483. The van der Waals surface area contributed by atoms with Crippen LogP contribution in [-0.4, -0.2) is 15.8 Å². The second-order valence-electron chi connectivity index (χ2n) is 4.04. The molecule has 0 fully saturated rings. The van der Waals surface area contributed by atoms with Crippen LogP contribution in [0.15, 0.2) is 53.1 Å². The van der Waals surface area contributed by atoms with Crippen LogP contribution in [0.2, 0.25) is 0 Å². The molecule has 0 aliphatic rings. The number of hydrogen-bond donors (Lipinski definition) is 1. The van der Waals surface area contributed by atoms with Gasteiger partial charge in [0.15, 0.2) is 0 Å². The van der Waals surface area contributed by atoms with Crippen molar-refractivity contribution in [1.29, 1.82) is 0 Å².